The van der Waals surface area contributed by atoms with Crippen molar-refractivity contribution in [2.75, 3.05) is 13.1 Å². The van der Waals surface area contributed by atoms with Crippen molar-refractivity contribution >= 4 is 46.3 Å². The number of hydrogen-bond acceptors (Lipinski definition) is 8. The van der Waals surface area contributed by atoms with E-state index < -0.39 is 60.2 Å². The van der Waals surface area contributed by atoms with E-state index in [1.54, 1.807) is 12.1 Å². The van der Waals surface area contributed by atoms with Crippen LogP contribution in [0.5, 0.6) is 5.75 Å². The number of nitrogens with two attached hydrogens (primary N) is 2. The van der Waals surface area contributed by atoms with Gasteiger partial charge in [0.2, 0.25) is 29.5 Å². The maximum absolute atomic E-state index is 13.9. The average Bonchev–Trinajstić information content (AvgIpc) is 3.64. The van der Waals surface area contributed by atoms with Crippen LogP contribution in [0.4, 0.5) is 0 Å². The predicted molar refractivity (Wildman–Crippen MR) is 192 cm³/mol. The third-order valence-electron chi connectivity index (χ3n) is 8.53. The number of phenols is 1. The van der Waals surface area contributed by atoms with Crippen molar-refractivity contribution in [1.29, 1.82) is 0 Å². The monoisotopic (exact) mass is 710 g/mol. The lowest BCUT2D eigenvalue weighted by atomic mass is 10.0. The zero-order chi connectivity index (χ0) is 37.0. The summed E-state index contributed by atoms with van der Waals surface area (Å²) in [5.41, 5.74) is 12.8. The molecule has 3 aromatic carbocycles. The Morgan fingerprint density at radius 1 is 0.731 bits per heavy atom. The van der Waals surface area contributed by atoms with E-state index in [4.69, 9.17) is 11.5 Å². The molecule has 0 unspecified atom stereocenters. The number of carbonyl (C=O) groups excluding carboxylic acids is 5. The molecule has 1 fully saturated rings. The maximum Gasteiger partial charge on any atom is 0.243 e. The lowest BCUT2D eigenvalue weighted by molar-refractivity contribution is -0.134. The van der Waals surface area contributed by atoms with Crippen LogP contribution in [0.2, 0.25) is 0 Å². The molecule has 1 aromatic heterocycles. The van der Waals surface area contributed by atoms with Crippen LogP contribution in [0, 0.1) is 0 Å². The van der Waals surface area contributed by atoms with Crippen molar-refractivity contribution in [3.8, 4) is 5.75 Å². The number of guanidine groups is 1. The molecule has 0 radical (unpaired) electrons. The molecule has 0 spiro atoms. The average molecular weight is 711 g/mol. The van der Waals surface area contributed by atoms with Gasteiger partial charge in [-0.05, 0) is 46.9 Å². The highest BCUT2D eigenvalue weighted by Crippen LogP contribution is 2.17. The van der Waals surface area contributed by atoms with E-state index in [9.17, 15) is 29.1 Å². The van der Waals surface area contributed by atoms with Gasteiger partial charge < -0.3 is 48.1 Å². The summed E-state index contributed by atoms with van der Waals surface area (Å²) in [6, 6.07) is 14.8. The van der Waals surface area contributed by atoms with Gasteiger partial charge in [-0.2, -0.15) is 0 Å². The smallest absolute Gasteiger partial charge is 0.243 e. The SMILES string of the molecule is NC(N)=NCCC[C@@H]1NC(=O)[C@H](Cc2cnc[nH]2)NC(=O)[C@@H](Cc2ccc(O)cc2)NC(=O)CNC(=O)[C@H](Cc2ccc3ccccc3c2)NC1=O. The molecule has 4 atom stereocenters. The summed E-state index contributed by atoms with van der Waals surface area (Å²) in [6.07, 6.45) is 3.36. The first-order valence-electron chi connectivity index (χ1n) is 16.8. The van der Waals surface area contributed by atoms with Crippen LogP contribution in [0.25, 0.3) is 10.8 Å². The number of nitrogens with one attached hydrogen (secondary N) is 6. The van der Waals surface area contributed by atoms with Gasteiger partial charge in [-0.1, -0.05) is 54.6 Å². The first kappa shape index (κ1) is 36.8. The van der Waals surface area contributed by atoms with Crippen molar-refractivity contribution in [1.82, 2.24) is 36.6 Å². The van der Waals surface area contributed by atoms with Gasteiger partial charge in [0.25, 0.3) is 0 Å². The van der Waals surface area contributed by atoms with E-state index in [-0.39, 0.29) is 43.9 Å². The fourth-order valence-corrected chi connectivity index (χ4v) is 5.84. The highest BCUT2D eigenvalue weighted by molar-refractivity contribution is 5.97. The Balaban J connectivity index is 1.47. The molecule has 0 aliphatic carbocycles. The maximum atomic E-state index is 13.9. The summed E-state index contributed by atoms with van der Waals surface area (Å²) in [5, 5.41) is 25.2. The molecule has 52 heavy (non-hydrogen) atoms. The lowest BCUT2D eigenvalue weighted by Crippen LogP contribution is -2.58. The number of rotatable bonds is 10. The van der Waals surface area contributed by atoms with Crippen LogP contribution < -0.4 is 38.1 Å². The van der Waals surface area contributed by atoms with Crippen LogP contribution in [-0.4, -0.2) is 87.8 Å². The van der Waals surface area contributed by atoms with Gasteiger partial charge in [0.05, 0.1) is 12.9 Å². The highest BCUT2D eigenvalue weighted by atomic mass is 16.3. The number of nitrogens with zero attached hydrogens (tertiary/aromatic N) is 2. The van der Waals surface area contributed by atoms with Crippen LogP contribution >= 0.6 is 0 Å². The topological polar surface area (TPSA) is 259 Å². The Morgan fingerprint density at radius 3 is 2.04 bits per heavy atom. The van der Waals surface area contributed by atoms with Gasteiger partial charge in [0.15, 0.2) is 5.96 Å². The molecule has 0 saturated carbocycles. The molecule has 2 heterocycles. The lowest BCUT2D eigenvalue weighted by Gasteiger charge is -2.26. The standard InChI is InChI=1S/C36H42N10O6/c37-36(38)40-13-3-6-27-33(50)45-28(16-22-7-10-23-4-1-2-5-24(23)14-22)32(49)41-19-31(48)43-29(15-21-8-11-26(47)12-9-21)34(51)46-30(35(52)44-27)17-25-18-39-20-42-25/h1-2,4-5,7-12,14,18,20,27-30,47H,3,6,13,15-17,19H2,(H,39,42)(H,41,49)(H,43,48)(H,44,52)(H,45,50)(H,46,51)(H4,37,38,40)/t27-,28-,29+,30-/m0/s1. The third kappa shape index (κ3) is 10.5. The molecule has 11 N–H and O–H groups in total. The zero-order valence-corrected chi connectivity index (χ0v) is 28.3. The van der Waals surface area contributed by atoms with Crippen molar-refractivity contribution < 1.29 is 29.1 Å². The molecule has 1 aliphatic rings. The minimum Gasteiger partial charge on any atom is -0.508 e. The first-order chi connectivity index (χ1) is 25.0. The Morgan fingerprint density at radius 2 is 1.35 bits per heavy atom. The van der Waals surface area contributed by atoms with Gasteiger partial charge in [-0.15, -0.1) is 0 Å². The Labute approximate surface area is 299 Å². The number of hydrogen-bond donors (Lipinski definition) is 9. The van der Waals surface area contributed by atoms with Crippen molar-refractivity contribution in [2.24, 2.45) is 16.5 Å². The number of aromatic hydroxyl groups is 1. The van der Waals surface area contributed by atoms with Crippen molar-refractivity contribution in [2.45, 2.75) is 56.3 Å². The summed E-state index contributed by atoms with van der Waals surface area (Å²) in [5.74, 6) is -3.47. The molecule has 272 valence electrons. The number of aliphatic imine (C=N–C) groups is 1. The number of H-pyrrole nitrogens is 1. The van der Waals surface area contributed by atoms with Crippen molar-refractivity contribution in [3.63, 3.8) is 0 Å². The highest BCUT2D eigenvalue weighted by Gasteiger charge is 2.33. The number of imidazole rings is 1. The molecule has 16 nitrogen and oxygen atoms in total. The third-order valence-corrected chi connectivity index (χ3v) is 8.53. The molecule has 1 aliphatic heterocycles. The summed E-state index contributed by atoms with van der Waals surface area (Å²) >= 11 is 0. The molecular formula is C36H42N10O6. The minimum atomic E-state index is -1.21. The summed E-state index contributed by atoms with van der Waals surface area (Å²) in [4.78, 5) is 79.5. The molecule has 4 aromatic rings. The van der Waals surface area contributed by atoms with Gasteiger partial charge in [0, 0.05) is 37.7 Å². The normalized spacial score (nSPS) is 20.3. The fourth-order valence-electron chi connectivity index (χ4n) is 5.84. The first-order valence-corrected chi connectivity index (χ1v) is 16.8. The van der Waals surface area contributed by atoms with Crippen LogP contribution in [0.3, 0.4) is 0 Å². The largest absolute Gasteiger partial charge is 0.508 e. The number of aromatic amines is 1. The van der Waals surface area contributed by atoms with Crippen LogP contribution in [-0.2, 0) is 43.2 Å². The van der Waals surface area contributed by atoms with E-state index in [1.165, 1.54) is 24.7 Å². The predicted octanol–water partition coefficient (Wildman–Crippen LogP) is -0.581. The van der Waals surface area contributed by atoms with Gasteiger partial charge >= 0.3 is 0 Å². The van der Waals surface area contributed by atoms with Crippen molar-refractivity contribution in [3.05, 3.63) is 96.1 Å². The Bertz CT molecular complexity index is 1910. The molecule has 5 rings (SSSR count). The second-order valence-electron chi connectivity index (χ2n) is 12.5. The molecule has 5 amide bonds. The second kappa shape index (κ2) is 17.5. The summed E-state index contributed by atoms with van der Waals surface area (Å²) in [7, 11) is 0. The molecule has 0 bridgehead atoms. The van der Waals surface area contributed by atoms with E-state index in [1.807, 2.05) is 42.5 Å². The molecule has 1 saturated heterocycles. The Kier molecular flexibility index (Phi) is 12.4. The van der Waals surface area contributed by atoms with Crippen LogP contribution in [0.1, 0.15) is 29.7 Å². The van der Waals surface area contributed by atoms with Crippen LogP contribution in [0.15, 0.2) is 84.2 Å². The number of carbonyl (C=O) groups is 5. The summed E-state index contributed by atoms with van der Waals surface area (Å²) in [6.45, 7) is -0.330. The van der Waals surface area contributed by atoms with E-state index in [0.717, 1.165) is 16.3 Å². The van der Waals surface area contributed by atoms with Gasteiger partial charge in [0.1, 0.15) is 29.9 Å². The fraction of sp³-hybridized carbons (Fsp3) is 0.306. The molecular weight excluding hydrogens is 668 g/mol. The van der Waals surface area contributed by atoms with E-state index >= 15 is 0 Å². The number of fused-ring (bicyclic) bond motifs is 1. The van der Waals surface area contributed by atoms with E-state index in [2.05, 4.69) is 41.5 Å². The van der Waals surface area contributed by atoms with Gasteiger partial charge in [-0.3, -0.25) is 29.0 Å². The minimum absolute atomic E-state index is 0.00223. The number of phenolic OH excluding ortho intramolecular Hbond substituents is 1. The molecule has 16 heteroatoms. The number of benzene rings is 3. The quantitative estimate of drug-likeness (QED) is 0.0579. The number of amides is 5. The van der Waals surface area contributed by atoms with Gasteiger partial charge in [-0.25, -0.2) is 4.98 Å². The number of aromatic nitrogens is 2. The second-order valence-corrected chi connectivity index (χ2v) is 12.5. The zero-order valence-electron chi connectivity index (χ0n) is 28.3. The summed E-state index contributed by atoms with van der Waals surface area (Å²) < 4.78 is 0. The van der Waals surface area contributed by atoms with E-state index in [0.29, 0.717) is 17.7 Å². The Hall–Kier alpha value is -6.45.